The van der Waals surface area contributed by atoms with Gasteiger partial charge in [0, 0.05) is 22.9 Å². The van der Waals surface area contributed by atoms with Crippen LogP contribution in [0.1, 0.15) is 68.6 Å². The molecule has 0 spiro atoms. The molecule has 3 rings (SSSR count). The molecule has 162 valence electrons. The Bertz CT molecular complexity index is 895. The number of rotatable bonds is 5. The summed E-state index contributed by atoms with van der Waals surface area (Å²) >= 11 is 1.77. The standard InChI is InChI=1S/C25H34N2O2S/c1-7-18(3)27(24(29)25(4,5)6)16-22(28)26-14-12-21-20(13-15-30-21)23(26)19-10-8-17(2)9-11-19/h8-11,13,15,18,23H,7,12,14,16H2,1-6H3/t18-,23-/m1/s1. The fourth-order valence-electron chi connectivity index (χ4n) is 4.01. The topological polar surface area (TPSA) is 40.6 Å². The molecule has 0 unspecified atom stereocenters. The maximum Gasteiger partial charge on any atom is 0.243 e. The van der Waals surface area contributed by atoms with Gasteiger partial charge >= 0.3 is 0 Å². The van der Waals surface area contributed by atoms with Gasteiger partial charge in [-0.2, -0.15) is 0 Å². The first kappa shape index (κ1) is 22.5. The zero-order chi connectivity index (χ0) is 22.1. The van der Waals surface area contributed by atoms with Crippen LogP contribution in [0.25, 0.3) is 0 Å². The molecular weight excluding hydrogens is 392 g/mol. The van der Waals surface area contributed by atoms with Crippen molar-refractivity contribution in [3.8, 4) is 0 Å². The van der Waals surface area contributed by atoms with Crippen LogP contribution < -0.4 is 0 Å². The molecule has 0 saturated heterocycles. The number of fused-ring (bicyclic) bond motifs is 1. The van der Waals surface area contributed by atoms with E-state index in [0.717, 1.165) is 18.4 Å². The lowest BCUT2D eigenvalue weighted by Gasteiger charge is -2.39. The van der Waals surface area contributed by atoms with Crippen LogP contribution in [0.15, 0.2) is 35.7 Å². The minimum Gasteiger partial charge on any atom is -0.330 e. The molecule has 0 bridgehead atoms. The van der Waals surface area contributed by atoms with Crippen LogP contribution in [0, 0.1) is 12.3 Å². The Kier molecular flexibility index (Phi) is 6.71. The minimum atomic E-state index is -0.511. The predicted octanol–water partition coefficient (Wildman–Crippen LogP) is 5.20. The quantitative estimate of drug-likeness (QED) is 0.659. The van der Waals surface area contributed by atoms with Crippen LogP contribution in [0.2, 0.25) is 0 Å². The molecule has 0 N–H and O–H groups in total. The Labute approximate surface area is 184 Å². The molecule has 1 aromatic heterocycles. The molecule has 30 heavy (non-hydrogen) atoms. The smallest absolute Gasteiger partial charge is 0.243 e. The van der Waals surface area contributed by atoms with Crippen LogP contribution in [0.5, 0.6) is 0 Å². The fraction of sp³-hybridized carbons (Fsp3) is 0.520. The first-order valence-corrected chi connectivity index (χ1v) is 11.7. The third kappa shape index (κ3) is 4.61. The van der Waals surface area contributed by atoms with Gasteiger partial charge in [-0.1, -0.05) is 57.5 Å². The van der Waals surface area contributed by atoms with Gasteiger partial charge in [0.2, 0.25) is 11.8 Å². The average Bonchev–Trinajstić information content (AvgIpc) is 3.19. The highest BCUT2D eigenvalue weighted by atomic mass is 32.1. The molecule has 5 heteroatoms. The number of hydrogen-bond donors (Lipinski definition) is 0. The number of benzene rings is 1. The molecule has 4 nitrogen and oxygen atoms in total. The van der Waals surface area contributed by atoms with Crippen molar-refractivity contribution in [2.75, 3.05) is 13.1 Å². The van der Waals surface area contributed by atoms with Crippen molar-refractivity contribution in [3.63, 3.8) is 0 Å². The highest BCUT2D eigenvalue weighted by molar-refractivity contribution is 7.10. The maximum absolute atomic E-state index is 13.6. The highest BCUT2D eigenvalue weighted by Gasteiger charge is 2.36. The van der Waals surface area contributed by atoms with Crippen LogP contribution in [-0.2, 0) is 16.0 Å². The second-order valence-electron chi connectivity index (χ2n) is 9.39. The van der Waals surface area contributed by atoms with E-state index >= 15 is 0 Å². The summed E-state index contributed by atoms with van der Waals surface area (Å²) in [6, 6.07) is 10.5. The largest absolute Gasteiger partial charge is 0.330 e. The Hall–Kier alpha value is -2.14. The van der Waals surface area contributed by atoms with Crippen molar-refractivity contribution < 1.29 is 9.59 Å². The normalized spacial score (nSPS) is 17.4. The van der Waals surface area contributed by atoms with Gasteiger partial charge in [-0.25, -0.2) is 0 Å². The molecule has 0 aliphatic carbocycles. The number of amides is 2. The number of hydrogen-bond acceptors (Lipinski definition) is 3. The summed E-state index contributed by atoms with van der Waals surface area (Å²) < 4.78 is 0. The molecule has 0 radical (unpaired) electrons. The third-order valence-corrected chi connectivity index (χ3v) is 7.01. The number of nitrogens with zero attached hydrogens (tertiary/aromatic N) is 2. The van der Waals surface area contributed by atoms with E-state index in [9.17, 15) is 9.59 Å². The molecule has 0 saturated carbocycles. The van der Waals surface area contributed by atoms with Gasteiger partial charge in [-0.3, -0.25) is 9.59 Å². The zero-order valence-corrected chi connectivity index (χ0v) is 19.9. The monoisotopic (exact) mass is 426 g/mol. The van der Waals surface area contributed by atoms with Crippen molar-refractivity contribution in [1.29, 1.82) is 0 Å². The second kappa shape index (κ2) is 8.93. The molecular formula is C25H34N2O2S. The van der Waals surface area contributed by atoms with Crippen LogP contribution >= 0.6 is 11.3 Å². The number of carbonyl (C=O) groups excluding carboxylic acids is 2. The van der Waals surface area contributed by atoms with E-state index in [1.54, 1.807) is 16.2 Å². The summed E-state index contributed by atoms with van der Waals surface area (Å²) in [5.74, 6) is 0.0562. The van der Waals surface area contributed by atoms with Gasteiger partial charge in [0.1, 0.15) is 6.54 Å². The van der Waals surface area contributed by atoms with E-state index in [2.05, 4.69) is 49.6 Å². The summed E-state index contributed by atoms with van der Waals surface area (Å²) in [5.41, 5.74) is 3.05. The molecule has 0 fully saturated rings. The zero-order valence-electron chi connectivity index (χ0n) is 19.1. The van der Waals surface area contributed by atoms with E-state index in [0.29, 0.717) is 6.54 Å². The molecule has 2 amide bonds. The average molecular weight is 427 g/mol. The SMILES string of the molecule is CC[C@@H](C)N(CC(=O)N1CCc2sccc2[C@H]1c1ccc(C)cc1)C(=O)C(C)(C)C. The summed E-state index contributed by atoms with van der Waals surface area (Å²) in [6.07, 6.45) is 1.70. The lowest BCUT2D eigenvalue weighted by atomic mass is 9.92. The van der Waals surface area contributed by atoms with Crippen molar-refractivity contribution >= 4 is 23.2 Å². The van der Waals surface area contributed by atoms with Crippen LogP contribution in [0.3, 0.4) is 0 Å². The van der Waals surface area contributed by atoms with E-state index in [-0.39, 0.29) is 30.4 Å². The molecule has 1 aliphatic heterocycles. The molecule has 1 aromatic carbocycles. The highest BCUT2D eigenvalue weighted by Crippen LogP contribution is 2.38. The fourth-order valence-corrected chi connectivity index (χ4v) is 4.91. The van der Waals surface area contributed by atoms with Crippen molar-refractivity contribution in [2.45, 2.75) is 66.5 Å². The third-order valence-electron chi connectivity index (χ3n) is 6.01. The first-order chi connectivity index (χ1) is 14.1. The van der Waals surface area contributed by atoms with Gasteiger partial charge in [-0.05, 0) is 49.3 Å². The van der Waals surface area contributed by atoms with Gasteiger partial charge in [-0.15, -0.1) is 11.3 Å². The lowest BCUT2D eigenvalue weighted by molar-refractivity contribution is -0.148. The van der Waals surface area contributed by atoms with E-state index in [4.69, 9.17) is 0 Å². The summed E-state index contributed by atoms with van der Waals surface area (Å²) in [4.78, 5) is 31.8. The van der Waals surface area contributed by atoms with Gasteiger partial charge < -0.3 is 9.80 Å². The van der Waals surface area contributed by atoms with Crippen LogP contribution in [0.4, 0.5) is 0 Å². The summed E-state index contributed by atoms with van der Waals surface area (Å²) in [6.45, 7) is 12.7. The van der Waals surface area contributed by atoms with Crippen molar-refractivity contribution in [1.82, 2.24) is 9.80 Å². The van der Waals surface area contributed by atoms with E-state index in [1.165, 1.54) is 16.0 Å². The first-order valence-electron chi connectivity index (χ1n) is 10.9. The molecule has 2 atom stereocenters. The lowest BCUT2D eigenvalue weighted by Crippen LogP contribution is -2.51. The molecule has 2 heterocycles. The maximum atomic E-state index is 13.6. The predicted molar refractivity (Wildman–Crippen MR) is 124 cm³/mol. The Balaban J connectivity index is 1.92. The van der Waals surface area contributed by atoms with Gasteiger partial charge in [0.05, 0.1) is 6.04 Å². The minimum absolute atomic E-state index is 0.0234. The second-order valence-corrected chi connectivity index (χ2v) is 10.4. The van der Waals surface area contributed by atoms with Crippen molar-refractivity contribution in [2.24, 2.45) is 5.41 Å². The number of carbonyl (C=O) groups is 2. The Morgan fingerprint density at radius 2 is 1.87 bits per heavy atom. The Morgan fingerprint density at radius 3 is 2.47 bits per heavy atom. The molecule has 2 aromatic rings. The Morgan fingerprint density at radius 1 is 1.20 bits per heavy atom. The van der Waals surface area contributed by atoms with E-state index < -0.39 is 5.41 Å². The summed E-state index contributed by atoms with van der Waals surface area (Å²) in [5, 5.41) is 2.12. The van der Waals surface area contributed by atoms with Crippen LogP contribution in [-0.4, -0.2) is 40.7 Å². The number of thiophene rings is 1. The van der Waals surface area contributed by atoms with Crippen molar-refractivity contribution in [3.05, 3.63) is 57.3 Å². The van der Waals surface area contributed by atoms with E-state index in [1.807, 2.05) is 32.6 Å². The molecule has 1 aliphatic rings. The number of aryl methyl sites for hydroxylation is 1. The summed E-state index contributed by atoms with van der Waals surface area (Å²) in [7, 11) is 0. The van der Waals surface area contributed by atoms with Gasteiger partial charge in [0.25, 0.3) is 0 Å². The van der Waals surface area contributed by atoms with Gasteiger partial charge in [0.15, 0.2) is 0 Å².